The van der Waals surface area contributed by atoms with Gasteiger partial charge in [0.25, 0.3) is 0 Å². The van der Waals surface area contributed by atoms with E-state index in [0.29, 0.717) is 18.0 Å². The smallest absolute Gasteiger partial charge is 0.138 e. The molecule has 0 aromatic carbocycles. The van der Waals surface area contributed by atoms with Crippen molar-refractivity contribution in [2.24, 2.45) is 7.05 Å². The van der Waals surface area contributed by atoms with E-state index in [9.17, 15) is 4.79 Å². The molecule has 0 fully saturated rings. The van der Waals surface area contributed by atoms with Gasteiger partial charge < -0.3 is 5.32 Å². The molecule has 0 saturated heterocycles. The standard InChI is InChI=1S/C12H20ClN3O/c1-5-14-8(2)6-10(17)7-11-9(3)15-16(4)12(11)13/h8,14H,5-7H2,1-4H3. The van der Waals surface area contributed by atoms with Crippen molar-refractivity contribution in [3.05, 3.63) is 16.4 Å². The van der Waals surface area contributed by atoms with Gasteiger partial charge in [-0.25, -0.2) is 0 Å². The first-order valence-electron chi connectivity index (χ1n) is 5.88. The quantitative estimate of drug-likeness (QED) is 0.847. The third kappa shape index (κ3) is 3.82. The van der Waals surface area contributed by atoms with E-state index in [1.165, 1.54) is 0 Å². The highest BCUT2D eigenvalue weighted by atomic mass is 35.5. The number of rotatable bonds is 6. The molecule has 1 N–H and O–H groups in total. The Morgan fingerprint density at radius 2 is 2.24 bits per heavy atom. The summed E-state index contributed by atoms with van der Waals surface area (Å²) in [5, 5.41) is 7.98. The minimum Gasteiger partial charge on any atom is -0.314 e. The van der Waals surface area contributed by atoms with Crippen LogP contribution < -0.4 is 5.32 Å². The molecule has 0 aliphatic rings. The molecule has 0 aliphatic heterocycles. The first kappa shape index (κ1) is 14.2. The van der Waals surface area contributed by atoms with Gasteiger partial charge in [-0.1, -0.05) is 18.5 Å². The monoisotopic (exact) mass is 257 g/mol. The van der Waals surface area contributed by atoms with Crippen LogP contribution in [0.3, 0.4) is 0 Å². The van der Waals surface area contributed by atoms with E-state index in [0.717, 1.165) is 17.8 Å². The number of hydrogen-bond acceptors (Lipinski definition) is 3. The van der Waals surface area contributed by atoms with Gasteiger partial charge >= 0.3 is 0 Å². The van der Waals surface area contributed by atoms with Crippen molar-refractivity contribution in [1.29, 1.82) is 0 Å². The van der Waals surface area contributed by atoms with Crippen LogP contribution in [0.1, 0.15) is 31.5 Å². The number of Topliss-reactive ketones (excluding diaryl/α,β-unsaturated/α-hetero) is 1. The van der Waals surface area contributed by atoms with Crippen molar-refractivity contribution in [3.8, 4) is 0 Å². The Bertz CT molecular complexity index is 401. The summed E-state index contributed by atoms with van der Waals surface area (Å²) in [6.07, 6.45) is 0.896. The molecule has 0 saturated carbocycles. The highest BCUT2D eigenvalue weighted by Crippen LogP contribution is 2.19. The maximum atomic E-state index is 11.9. The number of nitrogens with one attached hydrogen (secondary N) is 1. The summed E-state index contributed by atoms with van der Waals surface area (Å²) < 4.78 is 1.60. The summed E-state index contributed by atoms with van der Waals surface area (Å²) in [6.45, 7) is 6.80. The number of halogens is 1. The molecular weight excluding hydrogens is 238 g/mol. The first-order valence-corrected chi connectivity index (χ1v) is 6.26. The van der Waals surface area contributed by atoms with Crippen molar-refractivity contribution >= 4 is 17.4 Å². The molecule has 17 heavy (non-hydrogen) atoms. The lowest BCUT2D eigenvalue weighted by Gasteiger charge is -2.10. The van der Waals surface area contributed by atoms with E-state index in [4.69, 9.17) is 11.6 Å². The lowest BCUT2D eigenvalue weighted by Crippen LogP contribution is -2.28. The number of aryl methyl sites for hydroxylation is 2. The van der Waals surface area contributed by atoms with Gasteiger partial charge in [0.15, 0.2) is 0 Å². The van der Waals surface area contributed by atoms with Gasteiger partial charge in [-0.05, 0) is 20.4 Å². The van der Waals surface area contributed by atoms with Crippen LogP contribution in [-0.2, 0) is 18.3 Å². The highest BCUT2D eigenvalue weighted by molar-refractivity contribution is 6.30. The third-order valence-corrected chi connectivity index (χ3v) is 3.20. The second-order valence-electron chi connectivity index (χ2n) is 4.36. The minimum absolute atomic E-state index is 0.191. The summed E-state index contributed by atoms with van der Waals surface area (Å²) in [7, 11) is 1.78. The van der Waals surface area contributed by atoms with Crippen LogP contribution in [0.4, 0.5) is 0 Å². The van der Waals surface area contributed by atoms with E-state index in [1.54, 1.807) is 11.7 Å². The largest absolute Gasteiger partial charge is 0.314 e. The molecular formula is C12H20ClN3O. The molecule has 1 rings (SSSR count). The number of nitrogens with zero attached hydrogens (tertiary/aromatic N) is 2. The molecule has 96 valence electrons. The van der Waals surface area contributed by atoms with Crippen molar-refractivity contribution in [2.45, 2.75) is 39.7 Å². The van der Waals surface area contributed by atoms with Gasteiger partial charge in [0.05, 0.1) is 5.69 Å². The lowest BCUT2D eigenvalue weighted by molar-refractivity contribution is -0.118. The highest BCUT2D eigenvalue weighted by Gasteiger charge is 2.16. The predicted molar refractivity (Wildman–Crippen MR) is 69.4 cm³/mol. The van der Waals surface area contributed by atoms with Gasteiger partial charge in [0.1, 0.15) is 10.9 Å². The number of carbonyl (C=O) groups is 1. The molecule has 0 spiro atoms. The second kappa shape index (κ2) is 6.17. The van der Waals surface area contributed by atoms with Crippen molar-refractivity contribution in [3.63, 3.8) is 0 Å². The summed E-state index contributed by atoms with van der Waals surface area (Å²) in [5.74, 6) is 0.191. The SMILES string of the molecule is CCNC(C)CC(=O)Cc1c(C)nn(C)c1Cl. The molecule has 4 nitrogen and oxygen atoms in total. The number of hydrogen-bond donors (Lipinski definition) is 1. The third-order valence-electron chi connectivity index (χ3n) is 2.73. The molecule has 1 aromatic heterocycles. The molecule has 0 bridgehead atoms. The zero-order chi connectivity index (χ0) is 13.0. The summed E-state index contributed by atoms with van der Waals surface area (Å²) >= 11 is 6.09. The van der Waals surface area contributed by atoms with Crippen LogP contribution in [0.2, 0.25) is 5.15 Å². The van der Waals surface area contributed by atoms with E-state index >= 15 is 0 Å². The van der Waals surface area contributed by atoms with Gasteiger partial charge in [-0.15, -0.1) is 0 Å². The fourth-order valence-electron chi connectivity index (χ4n) is 1.91. The van der Waals surface area contributed by atoms with Crippen LogP contribution in [0.5, 0.6) is 0 Å². The van der Waals surface area contributed by atoms with Crippen LogP contribution in [0.25, 0.3) is 0 Å². The van der Waals surface area contributed by atoms with Crippen LogP contribution in [0.15, 0.2) is 0 Å². The van der Waals surface area contributed by atoms with Gasteiger partial charge in [0.2, 0.25) is 0 Å². The normalized spacial score (nSPS) is 12.8. The topological polar surface area (TPSA) is 46.9 Å². The van der Waals surface area contributed by atoms with Crippen molar-refractivity contribution in [1.82, 2.24) is 15.1 Å². The molecule has 1 heterocycles. The molecule has 1 unspecified atom stereocenters. The maximum Gasteiger partial charge on any atom is 0.138 e. The number of aromatic nitrogens is 2. The Morgan fingerprint density at radius 3 is 2.71 bits per heavy atom. The fourth-order valence-corrected chi connectivity index (χ4v) is 2.15. The van der Waals surface area contributed by atoms with E-state index in [1.807, 2.05) is 20.8 Å². The average Bonchev–Trinajstić information content (AvgIpc) is 2.45. The Morgan fingerprint density at radius 1 is 1.59 bits per heavy atom. The molecule has 1 aromatic rings. The van der Waals surface area contributed by atoms with E-state index < -0.39 is 0 Å². The Kier molecular flexibility index (Phi) is 5.15. The molecule has 0 radical (unpaired) electrons. The van der Waals surface area contributed by atoms with Gasteiger partial charge in [0, 0.05) is 31.5 Å². The van der Waals surface area contributed by atoms with E-state index in [-0.39, 0.29) is 11.8 Å². The molecule has 0 aliphatic carbocycles. The zero-order valence-corrected chi connectivity index (χ0v) is 11.6. The van der Waals surface area contributed by atoms with Gasteiger partial charge in [-0.2, -0.15) is 5.10 Å². The Balaban J connectivity index is 2.62. The van der Waals surface area contributed by atoms with Crippen molar-refractivity contribution in [2.75, 3.05) is 6.54 Å². The van der Waals surface area contributed by atoms with Gasteiger partial charge in [-0.3, -0.25) is 9.48 Å². The van der Waals surface area contributed by atoms with Crippen LogP contribution in [-0.4, -0.2) is 28.2 Å². The molecule has 1 atom stereocenters. The Hall–Kier alpha value is -0.870. The summed E-state index contributed by atoms with van der Waals surface area (Å²) in [6, 6.07) is 0.211. The number of ketones is 1. The summed E-state index contributed by atoms with van der Waals surface area (Å²) in [4.78, 5) is 11.9. The fraction of sp³-hybridized carbons (Fsp3) is 0.667. The molecule has 5 heteroatoms. The second-order valence-corrected chi connectivity index (χ2v) is 4.71. The van der Waals surface area contributed by atoms with Crippen LogP contribution >= 0.6 is 11.6 Å². The average molecular weight is 258 g/mol. The minimum atomic E-state index is 0.191. The maximum absolute atomic E-state index is 11.9. The number of carbonyl (C=O) groups excluding carboxylic acids is 1. The Labute approximate surface area is 107 Å². The summed E-state index contributed by atoms with van der Waals surface area (Å²) in [5.41, 5.74) is 1.69. The molecule has 0 amide bonds. The van der Waals surface area contributed by atoms with E-state index in [2.05, 4.69) is 10.4 Å². The lowest BCUT2D eigenvalue weighted by atomic mass is 10.0. The first-order chi connectivity index (χ1) is 7.95. The predicted octanol–water partition coefficient (Wildman–Crippen LogP) is 1.88. The zero-order valence-electron chi connectivity index (χ0n) is 10.9. The van der Waals surface area contributed by atoms with Crippen LogP contribution in [0, 0.1) is 6.92 Å². The van der Waals surface area contributed by atoms with Crippen molar-refractivity contribution < 1.29 is 4.79 Å².